The zero-order valence-electron chi connectivity index (χ0n) is 8.80. The molecular weight excluding hydrogens is 248 g/mol. The summed E-state index contributed by atoms with van der Waals surface area (Å²) in [5, 5.41) is 0. The van der Waals surface area contributed by atoms with Gasteiger partial charge in [0.2, 0.25) is 0 Å². The summed E-state index contributed by atoms with van der Waals surface area (Å²) in [6, 6.07) is 6.74. The summed E-state index contributed by atoms with van der Waals surface area (Å²) in [6.07, 6.45) is 11.6. The Morgan fingerprint density at radius 3 is 2.67 bits per heavy atom. The third-order valence-electron chi connectivity index (χ3n) is 3.88. The maximum Gasteiger partial charge on any atom is 0.0181 e. The first-order valence-corrected chi connectivity index (χ1v) is 6.59. The normalized spacial score (nSPS) is 21.9. The third kappa shape index (κ3) is 1.48. The van der Waals surface area contributed by atoms with Crippen molar-refractivity contribution in [1.82, 2.24) is 0 Å². The van der Waals surface area contributed by atoms with Crippen molar-refractivity contribution < 1.29 is 0 Å². The Labute approximate surface area is 99.5 Å². The van der Waals surface area contributed by atoms with Crippen LogP contribution in [-0.2, 0) is 5.41 Å². The summed E-state index contributed by atoms with van der Waals surface area (Å²) in [6.45, 7) is 0. The molecule has 1 aromatic rings. The molecule has 0 bridgehead atoms. The summed E-state index contributed by atoms with van der Waals surface area (Å²) in [7, 11) is 0. The summed E-state index contributed by atoms with van der Waals surface area (Å²) < 4.78 is 1.19. The van der Waals surface area contributed by atoms with Gasteiger partial charge < -0.3 is 0 Å². The van der Waals surface area contributed by atoms with Gasteiger partial charge in [0.1, 0.15) is 0 Å². The Balaban J connectivity index is 2.07. The molecule has 1 aromatic carbocycles. The van der Waals surface area contributed by atoms with E-state index in [9.17, 15) is 0 Å². The molecule has 0 atom stereocenters. The van der Waals surface area contributed by atoms with Crippen LogP contribution in [0.2, 0.25) is 0 Å². The lowest BCUT2D eigenvalue weighted by molar-refractivity contribution is 0.362. The monoisotopic (exact) mass is 262 g/mol. The number of fused-ring (bicyclic) bond motifs is 2. The highest BCUT2D eigenvalue weighted by Crippen LogP contribution is 2.46. The van der Waals surface area contributed by atoms with Crippen LogP contribution in [0.3, 0.4) is 0 Å². The summed E-state index contributed by atoms with van der Waals surface area (Å²) in [5.74, 6) is 0. The molecule has 0 nitrogen and oxygen atoms in total. The van der Waals surface area contributed by atoms with Crippen LogP contribution in [0.1, 0.15) is 43.2 Å². The van der Waals surface area contributed by atoms with Gasteiger partial charge in [-0.3, -0.25) is 0 Å². The van der Waals surface area contributed by atoms with Gasteiger partial charge in [0, 0.05) is 9.89 Å². The molecule has 1 fully saturated rings. The van der Waals surface area contributed by atoms with Crippen LogP contribution >= 0.6 is 15.9 Å². The van der Waals surface area contributed by atoms with Crippen LogP contribution < -0.4 is 0 Å². The number of halogens is 1. The lowest BCUT2D eigenvalue weighted by Crippen LogP contribution is -2.24. The third-order valence-corrected chi connectivity index (χ3v) is 4.37. The van der Waals surface area contributed by atoms with Gasteiger partial charge in [-0.05, 0) is 36.1 Å². The number of benzene rings is 1. The highest BCUT2D eigenvalue weighted by Gasteiger charge is 2.35. The van der Waals surface area contributed by atoms with Crippen molar-refractivity contribution in [3.63, 3.8) is 0 Å². The first kappa shape index (κ1) is 9.65. The molecule has 0 N–H and O–H groups in total. The highest BCUT2D eigenvalue weighted by molar-refractivity contribution is 9.10. The van der Waals surface area contributed by atoms with Gasteiger partial charge in [-0.1, -0.05) is 53.4 Å². The maximum absolute atomic E-state index is 3.54. The standard InChI is InChI=1S/C14H15Br/c15-12-4-5-13-11(10-12)6-9-14(13)7-2-1-3-8-14/h4-6,9-10H,1-3,7-8H2. The molecule has 15 heavy (non-hydrogen) atoms. The van der Waals surface area contributed by atoms with Gasteiger partial charge in [-0.25, -0.2) is 0 Å². The smallest absolute Gasteiger partial charge is 0.0181 e. The molecule has 0 aliphatic heterocycles. The lowest BCUT2D eigenvalue weighted by Gasteiger charge is -2.33. The molecule has 2 aliphatic rings. The average Bonchev–Trinajstić information content (AvgIpc) is 2.58. The van der Waals surface area contributed by atoms with Gasteiger partial charge in [-0.15, -0.1) is 0 Å². The predicted octanol–water partition coefficient (Wildman–Crippen LogP) is 4.68. The van der Waals surface area contributed by atoms with Crippen LogP contribution in [0.15, 0.2) is 28.7 Å². The van der Waals surface area contributed by atoms with Gasteiger partial charge in [0.25, 0.3) is 0 Å². The quantitative estimate of drug-likeness (QED) is 0.637. The van der Waals surface area contributed by atoms with Crippen LogP contribution in [-0.4, -0.2) is 0 Å². The number of hydrogen-bond donors (Lipinski definition) is 0. The fourth-order valence-corrected chi connectivity index (χ4v) is 3.46. The van der Waals surface area contributed by atoms with Crippen molar-refractivity contribution in [2.75, 3.05) is 0 Å². The minimum absolute atomic E-state index is 0.397. The molecule has 0 aromatic heterocycles. The van der Waals surface area contributed by atoms with Crippen molar-refractivity contribution in [2.24, 2.45) is 0 Å². The molecule has 1 spiro atoms. The molecule has 1 heteroatoms. The van der Waals surface area contributed by atoms with E-state index in [2.05, 4.69) is 46.3 Å². The van der Waals surface area contributed by atoms with E-state index in [1.807, 2.05) is 0 Å². The summed E-state index contributed by atoms with van der Waals surface area (Å²) in [5.41, 5.74) is 3.38. The Hall–Kier alpha value is -0.560. The van der Waals surface area contributed by atoms with Crippen LogP contribution in [0, 0.1) is 0 Å². The summed E-state index contributed by atoms with van der Waals surface area (Å²) in [4.78, 5) is 0. The fraction of sp³-hybridized carbons (Fsp3) is 0.429. The van der Waals surface area contributed by atoms with Crippen molar-refractivity contribution in [1.29, 1.82) is 0 Å². The fourth-order valence-electron chi connectivity index (χ4n) is 3.08. The Morgan fingerprint density at radius 1 is 1.07 bits per heavy atom. The number of allylic oxidation sites excluding steroid dienone is 1. The van der Waals surface area contributed by atoms with Crippen molar-refractivity contribution in [3.8, 4) is 0 Å². The van der Waals surface area contributed by atoms with E-state index in [4.69, 9.17) is 0 Å². The van der Waals surface area contributed by atoms with Gasteiger partial charge in [0.15, 0.2) is 0 Å². The molecule has 0 saturated heterocycles. The Bertz CT molecular complexity index is 411. The Kier molecular flexibility index (Phi) is 2.24. The van der Waals surface area contributed by atoms with Gasteiger partial charge in [0.05, 0.1) is 0 Å². The van der Waals surface area contributed by atoms with E-state index in [-0.39, 0.29) is 0 Å². The molecule has 0 amide bonds. The topological polar surface area (TPSA) is 0 Å². The minimum Gasteiger partial charge on any atom is -0.0733 e. The first-order chi connectivity index (χ1) is 7.30. The zero-order valence-corrected chi connectivity index (χ0v) is 10.4. The largest absolute Gasteiger partial charge is 0.0733 e. The van der Waals surface area contributed by atoms with Crippen molar-refractivity contribution in [2.45, 2.75) is 37.5 Å². The van der Waals surface area contributed by atoms with Crippen LogP contribution in [0.5, 0.6) is 0 Å². The van der Waals surface area contributed by atoms with E-state index in [0.29, 0.717) is 5.41 Å². The van der Waals surface area contributed by atoms with Gasteiger partial charge >= 0.3 is 0 Å². The van der Waals surface area contributed by atoms with Gasteiger partial charge in [-0.2, -0.15) is 0 Å². The van der Waals surface area contributed by atoms with E-state index in [1.165, 1.54) is 42.1 Å². The maximum atomic E-state index is 3.54. The van der Waals surface area contributed by atoms with E-state index < -0.39 is 0 Å². The predicted molar refractivity (Wildman–Crippen MR) is 67.9 cm³/mol. The number of hydrogen-bond acceptors (Lipinski definition) is 0. The molecule has 3 rings (SSSR count). The molecular formula is C14H15Br. The Morgan fingerprint density at radius 2 is 1.87 bits per heavy atom. The molecule has 78 valence electrons. The lowest BCUT2D eigenvalue weighted by atomic mass is 9.71. The molecule has 0 unspecified atom stereocenters. The van der Waals surface area contributed by atoms with E-state index >= 15 is 0 Å². The van der Waals surface area contributed by atoms with Crippen molar-refractivity contribution in [3.05, 3.63) is 39.9 Å². The van der Waals surface area contributed by atoms with E-state index in [0.717, 1.165) is 0 Å². The average molecular weight is 263 g/mol. The molecule has 0 radical (unpaired) electrons. The second-order valence-corrected chi connectivity index (χ2v) is 5.70. The van der Waals surface area contributed by atoms with E-state index in [1.54, 1.807) is 5.56 Å². The van der Waals surface area contributed by atoms with Crippen LogP contribution in [0.4, 0.5) is 0 Å². The highest BCUT2D eigenvalue weighted by atomic mass is 79.9. The van der Waals surface area contributed by atoms with Crippen LogP contribution in [0.25, 0.3) is 6.08 Å². The minimum atomic E-state index is 0.397. The number of rotatable bonds is 0. The second-order valence-electron chi connectivity index (χ2n) is 4.78. The second kappa shape index (κ2) is 3.48. The molecule has 0 heterocycles. The first-order valence-electron chi connectivity index (χ1n) is 5.79. The van der Waals surface area contributed by atoms with Crippen molar-refractivity contribution >= 4 is 22.0 Å². The SMILES string of the molecule is Brc1ccc2c(c1)C=CC21CCCCC1. The summed E-state index contributed by atoms with van der Waals surface area (Å²) >= 11 is 3.54. The molecule has 1 saturated carbocycles. The molecule has 2 aliphatic carbocycles. The zero-order chi connectivity index (χ0) is 10.3.